The van der Waals surface area contributed by atoms with Crippen LogP contribution in [0.5, 0.6) is 0 Å². The molecule has 2 heterocycles. The van der Waals surface area contributed by atoms with Crippen LogP contribution in [0.2, 0.25) is 5.02 Å². The Labute approximate surface area is 126 Å². The van der Waals surface area contributed by atoms with E-state index in [0.717, 1.165) is 16.8 Å². The van der Waals surface area contributed by atoms with Gasteiger partial charge < -0.3 is 10.3 Å². The minimum absolute atomic E-state index is 0.114. The van der Waals surface area contributed by atoms with E-state index >= 15 is 0 Å². The largest absolute Gasteiger partial charge is 0.384 e. The first-order valence-corrected chi connectivity index (χ1v) is 6.67. The molecule has 0 saturated carbocycles. The fourth-order valence-electron chi connectivity index (χ4n) is 2.08. The summed E-state index contributed by atoms with van der Waals surface area (Å²) in [4.78, 5) is 8.23. The summed E-state index contributed by atoms with van der Waals surface area (Å²) in [5, 5.41) is 0.114. The molecule has 0 saturated heterocycles. The van der Waals surface area contributed by atoms with Crippen LogP contribution in [0.15, 0.2) is 49.1 Å². The van der Waals surface area contributed by atoms with Crippen LogP contribution in [0.3, 0.4) is 0 Å². The Balaban J connectivity index is 1.92. The molecule has 0 fully saturated rings. The molecule has 0 bridgehead atoms. The standard InChI is InChI=1S/C15H12ClFN4/c16-12-5-10(1-3-13(12)17)8-21-9-19-7-14(21)11-2-4-15(18)20-6-11/h1-7,9H,8H2,(H2,18,20). The van der Waals surface area contributed by atoms with Gasteiger partial charge in [-0.1, -0.05) is 17.7 Å². The molecule has 3 rings (SSSR count). The third-order valence-corrected chi connectivity index (χ3v) is 3.42. The first-order valence-electron chi connectivity index (χ1n) is 6.29. The first kappa shape index (κ1) is 13.6. The van der Waals surface area contributed by atoms with Gasteiger partial charge in [0.25, 0.3) is 0 Å². The van der Waals surface area contributed by atoms with Crippen molar-refractivity contribution in [1.82, 2.24) is 14.5 Å². The molecule has 4 nitrogen and oxygen atoms in total. The summed E-state index contributed by atoms with van der Waals surface area (Å²) in [5.74, 6) is 0.0455. The van der Waals surface area contributed by atoms with E-state index in [1.165, 1.54) is 6.07 Å². The predicted octanol–water partition coefficient (Wildman–Crippen LogP) is 3.37. The van der Waals surface area contributed by atoms with Crippen molar-refractivity contribution in [2.24, 2.45) is 0 Å². The van der Waals surface area contributed by atoms with Crippen molar-refractivity contribution in [3.63, 3.8) is 0 Å². The highest BCUT2D eigenvalue weighted by atomic mass is 35.5. The average molecular weight is 303 g/mol. The van der Waals surface area contributed by atoms with Crippen LogP contribution in [0, 0.1) is 5.82 Å². The molecule has 6 heteroatoms. The SMILES string of the molecule is Nc1ccc(-c2cncn2Cc2ccc(F)c(Cl)c2)cn1. The zero-order chi connectivity index (χ0) is 14.8. The van der Waals surface area contributed by atoms with Crippen molar-refractivity contribution in [2.45, 2.75) is 6.54 Å². The highest BCUT2D eigenvalue weighted by molar-refractivity contribution is 6.30. The number of halogens is 2. The Hall–Kier alpha value is -2.40. The highest BCUT2D eigenvalue weighted by Crippen LogP contribution is 2.21. The average Bonchev–Trinajstić information content (AvgIpc) is 2.92. The topological polar surface area (TPSA) is 56.7 Å². The van der Waals surface area contributed by atoms with Crippen molar-refractivity contribution in [2.75, 3.05) is 5.73 Å². The number of aromatic nitrogens is 3. The first-order chi connectivity index (χ1) is 10.1. The fraction of sp³-hybridized carbons (Fsp3) is 0.0667. The third kappa shape index (κ3) is 2.87. The second kappa shape index (κ2) is 5.54. The van der Waals surface area contributed by atoms with Crippen LogP contribution < -0.4 is 5.73 Å². The lowest BCUT2D eigenvalue weighted by atomic mass is 10.2. The van der Waals surface area contributed by atoms with Gasteiger partial charge in [-0.3, -0.25) is 0 Å². The maximum atomic E-state index is 13.2. The molecular formula is C15H12ClFN4. The van der Waals surface area contributed by atoms with Crippen LogP contribution >= 0.6 is 11.6 Å². The van der Waals surface area contributed by atoms with Crippen LogP contribution in [-0.2, 0) is 6.54 Å². The molecule has 0 amide bonds. The van der Waals surface area contributed by atoms with Crippen molar-refractivity contribution in [3.05, 3.63) is 65.5 Å². The minimum Gasteiger partial charge on any atom is -0.384 e. The molecule has 2 N–H and O–H groups in total. The van der Waals surface area contributed by atoms with E-state index in [9.17, 15) is 4.39 Å². The number of hydrogen-bond acceptors (Lipinski definition) is 3. The van der Waals surface area contributed by atoms with E-state index in [0.29, 0.717) is 12.4 Å². The van der Waals surface area contributed by atoms with E-state index in [4.69, 9.17) is 17.3 Å². The molecule has 0 aliphatic rings. The van der Waals surface area contributed by atoms with E-state index in [2.05, 4.69) is 9.97 Å². The van der Waals surface area contributed by atoms with Crippen LogP contribution in [0.4, 0.5) is 10.2 Å². The molecular weight excluding hydrogens is 291 g/mol. The van der Waals surface area contributed by atoms with Gasteiger partial charge in [-0.25, -0.2) is 14.4 Å². The summed E-state index contributed by atoms with van der Waals surface area (Å²) in [6.45, 7) is 0.541. The number of rotatable bonds is 3. The van der Waals surface area contributed by atoms with Crippen molar-refractivity contribution < 1.29 is 4.39 Å². The summed E-state index contributed by atoms with van der Waals surface area (Å²) in [6.07, 6.45) is 5.15. The predicted molar refractivity (Wildman–Crippen MR) is 80.4 cm³/mol. The lowest BCUT2D eigenvalue weighted by molar-refractivity contribution is 0.626. The van der Waals surface area contributed by atoms with E-state index in [1.54, 1.807) is 36.9 Å². The van der Waals surface area contributed by atoms with Gasteiger partial charge in [0.15, 0.2) is 0 Å². The summed E-state index contributed by atoms with van der Waals surface area (Å²) in [5.41, 5.74) is 8.30. The lowest BCUT2D eigenvalue weighted by Crippen LogP contribution is -2.01. The Bertz CT molecular complexity index is 768. The molecule has 106 valence electrons. The molecule has 0 unspecified atom stereocenters. The number of nitrogens with zero attached hydrogens (tertiary/aromatic N) is 3. The maximum absolute atomic E-state index is 13.2. The smallest absolute Gasteiger partial charge is 0.141 e. The summed E-state index contributed by atoms with van der Waals surface area (Å²) < 4.78 is 15.1. The molecule has 2 aromatic heterocycles. The number of imidazole rings is 1. The number of benzene rings is 1. The number of anilines is 1. The molecule has 21 heavy (non-hydrogen) atoms. The van der Waals surface area contributed by atoms with Crippen LogP contribution in [0.25, 0.3) is 11.3 Å². The molecule has 1 aromatic carbocycles. The zero-order valence-electron chi connectivity index (χ0n) is 11.0. The van der Waals surface area contributed by atoms with Crippen LogP contribution in [0.1, 0.15) is 5.56 Å². The second-order valence-corrected chi connectivity index (χ2v) is 5.03. The summed E-state index contributed by atoms with van der Waals surface area (Å²) >= 11 is 5.80. The Morgan fingerprint density at radius 1 is 1.19 bits per heavy atom. The van der Waals surface area contributed by atoms with E-state index < -0.39 is 5.82 Å². The monoisotopic (exact) mass is 302 g/mol. The zero-order valence-corrected chi connectivity index (χ0v) is 11.8. The van der Waals surface area contributed by atoms with Gasteiger partial charge in [-0.15, -0.1) is 0 Å². The normalized spacial score (nSPS) is 10.8. The van der Waals surface area contributed by atoms with Crippen molar-refractivity contribution in [1.29, 1.82) is 0 Å². The maximum Gasteiger partial charge on any atom is 0.141 e. The highest BCUT2D eigenvalue weighted by Gasteiger charge is 2.07. The van der Waals surface area contributed by atoms with Gasteiger partial charge in [0, 0.05) is 18.3 Å². The van der Waals surface area contributed by atoms with Gasteiger partial charge in [-0.05, 0) is 29.8 Å². The molecule has 0 radical (unpaired) electrons. The van der Waals surface area contributed by atoms with Crippen molar-refractivity contribution >= 4 is 17.4 Å². The number of nitrogen functional groups attached to an aromatic ring is 1. The van der Waals surface area contributed by atoms with Gasteiger partial charge in [-0.2, -0.15) is 0 Å². The third-order valence-electron chi connectivity index (χ3n) is 3.13. The molecule has 3 aromatic rings. The second-order valence-electron chi connectivity index (χ2n) is 4.63. The van der Waals surface area contributed by atoms with Gasteiger partial charge in [0.05, 0.1) is 23.2 Å². The Kier molecular flexibility index (Phi) is 3.58. The van der Waals surface area contributed by atoms with E-state index in [-0.39, 0.29) is 5.02 Å². The lowest BCUT2D eigenvalue weighted by Gasteiger charge is -2.09. The molecule has 0 aliphatic carbocycles. The molecule has 0 aliphatic heterocycles. The fourth-order valence-corrected chi connectivity index (χ4v) is 2.28. The number of nitrogens with two attached hydrogens (primary N) is 1. The quantitative estimate of drug-likeness (QED) is 0.807. The van der Waals surface area contributed by atoms with Crippen molar-refractivity contribution in [3.8, 4) is 11.3 Å². The minimum atomic E-state index is -0.422. The Morgan fingerprint density at radius 2 is 2.05 bits per heavy atom. The van der Waals surface area contributed by atoms with Gasteiger partial charge >= 0.3 is 0 Å². The van der Waals surface area contributed by atoms with Crippen LogP contribution in [-0.4, -0.2) is 14.5 Å². The number of pyridine rings is 1. The van der Waals surface area contributed by atoms with Gasteiger partial charge in [0.1, 0.15) is 11.6 Å². The van der Waals surface area contributed by atoms with Gasteiger partial charge in [0.2, 0.25) is 0 Å². The summed E-state index contributed by atoms with van der Waals surface area (Å²) in [6, 6.07) is 8.29. The molecule has 0 atom stereocenters. The Morgan fingerprint density at radius 3 is 2.76 bits per heavy atom. The summed E-state index contributed by atoms with van der Waals surface area (Å²) in [7, 11) is 0. The number of hydrogen-bond donors (Lipinski definition) is 1. The van der Waals surface area contributed by atoms with E-state index in [1.807, 2.05) is 10.6 Å². The molecule has 0 spiro atoms.